The smallest absolute Gasteiger partial charge is 0.0147 e. The Morgan fingerprint density at radius 3 is 1.58 bits per heavy atom. The van der Waals surface area contributed by atoms with E-state index in [4.69, 9.17) is 0 Å². The molecule has 0 spiro atoms. The number of benzene rings is 2. The van der Waals surface area contributed by atoms with E-state index in [9.17, 15) is 0 Å². The van der Waals surface area contributed by atoms with E-state index in [0.717, 1.165) is 10.5 Å². The molecule has 1 aliphatic heterocycles. The van der Waals surface area contributed by atoms with Crippen molar-refractivity contribution in [3.05, 3.63) is 82.9 Å². The molecule has 0 radical (unpaired) electrons. The van der Waals surface area contributed by atoms with E-state index in [2.05, 4.69) is 96.4 Å². The van der Waals surface area contributed by atoms with Gasteiger partial charge < -0.3 is 0 Å². The minimum atomic E-state index is 0.630. The van der Waals surface area contributed by atoms with E-state index in [1.807, 2.05) is 0 Å². The molecule has 4 unspecified atom stereocenters. The van der Waals surface area contributed by atoms with Gasteiger partial charge in [-0.15, -0.1) is 0 Å². The Balaban J connectivity index is 1.15. The molecule has 132 valence electrons. The van der Waals surface area contributed by atoms with Crippen molar-refractivity contribution in [2.75, 3.05) is 11.5 Å². The van der Waals surface area contributed by atoms with Gasteiger partial charge in [-0.05, 0) is 35.1 Å². The Bertz CT molecular complexity index is 771. The second-order valence-corrected chi connectivity index (χ2v) is 10.2. The van der Waals surface area contributed by atoms with Crippen LogP contribution in [0.25, 0.3) is 12.2 Å². The van der Waals surface area contributed by atoms with Gasteiger partial charge in [-0.3, -0.25) is 0 Å². The molecule has 1 heterocycles. The van der Waals surface area contributed by atoms with Crippen molar-refractivity contribution in [3.8, 4) is 0 Å². The van der Waals surface area contributed by atoms with Crippen molar-refractivity contribution in [2.24, 2.45) is 0 Å². The highest BCUT2D eigenvalue weighted by Gasteiger charge is 2.29. The highest BCUT2D eigenvalue weighted by atomic mass is 32.2. The summed E-state index contributed by atoms with van der Waals surface area (Å²) in [6.07, 6.45) is 12.1. The maximum atomic E-state index is 2.42. The van der Waals surface area contributed by atoms with Crippen molar-refractivity contribution in [1.29, 1.82) is 0 Å². The minimum absolute atomic E-state index is 0.630. The molecular formula is C24H24S2. The predicted octanol–water partition coefficient (Wildman–Crippen LogP) is 6.61. The molecule has 0 bridgehead atoms. The van der Waals surface area contributed by atoms with Crippen LogP contribution in [0.1, 0.15) is 46.9 Å². The average molecular weight is 377 g/mol. The van der Waals surface area contributed by atoms with Crippen molar-refractivity contribution >= 4 is 35.7 Å². The van der Waals surface area contributed by atoms with Crippen LogP contribution in [0.5, 0.6) is 0 Å². The van der Waals surface area contributed by atoms with Crippen LogP contribution in [0, 0.1) is 0 Å². The fourth-order valence-corrected chi connectivity index (χ4v) is 7.65. The Kier molecular flexibility index (Phi) is 4.72. The van der Waals surface area contributed by atoms with E-state index in [-0.39, 0.29) is 0 Å². The second-order valence-electron chi connectivity index (χ2n) is 7.57. The number of allylic oxidation sites excluding steroid dienone is 2. The molecule has 3 aliphatic rings. The number of hydrogen-bond acceptors (Lipinski definition) is 2. The number of rotatable bonds is 4. The highest BCUT2D eigenvalue weighted by Crippen LogP contribution is 2.43. The fraction of sp³-hybridized carbons (Fsp3) is 0.333. The lowest BCUT2D eigenvalue weighted by Gasteiger charge is -2.30. The van der Waals surface area contributed by atoms with Gasteiger partial charge in [0.1, 0.15) is 0 Å². The standard InChI is InChI=1S/C24H24S2/c1-3-7-23-17(5-1)9-11-19(23)13-21-15-26-22(16-25-21)14-20-12-10-18-6-2-4-8-24(18)20/h1-12,19-22H,13-16H2. The van der Waals surface area contributed by atoms with Gasteiger partial charge in [0.15, 0.2) is 0 Å². The van der Waals surface area contributed by atoms with Gasteiger partial charge in [0.05, 0.1) is 0 Å². The third-order valence-corrected chi connectivity index (χ3v) is 9.15. The first-order valence-corrected chi connectivity index (χ1v) is 11.7. The van der Waals surface area contributed by atoms with Crippen LogP contribution >= 0.6 is 23.5 Å². The Labute approximate surface area is 165 Å². The van der Waals surface area contributed by atoms with Gasteiger partial charge in [-0.25, -0.2) is 0 Å². The Morgan fingerprint density at radius 2 is 1.12 bits per heavy atom. The summed E-state index contributed by atoms with van der Waals surface area (Å²) in [4.78, 5) is 0. The molecule has 0 amide bonds. The summed E-state index contributed by atoms with van der Waals surface area (Å²) in [6.45, 7) is 0. The van der Waals surface area contributed by atoms with Crippen LogP contribution < -0.4 is 0 Å². The minimum Gasteiger partial charge on any atom is -0.157 e. The molecule has 2 heteroatoms. The van der Waals surface area contributed by atoms with Gasteiger partial charge in [-0.2, -0.15) is 23.5 Å². The van der Waals surface area contributed by atoms with Crippen LogP contribution in [-0.4, -0.2) is 22.0 Å². The molecule has 2 aromatic rings. The van der Waals surface area contributed by atoms with Crippen LogP contribution in [0.3, 0.4) is 0 Å². The van der Waals surface area contributed by atoms with Gasteiger partial charge in [-0.1, -0.05) is 72.8 Å². The molecule has 2 aliphatic carbocycles. The summed E-state index contributed by atoms with van der Waals surface area (Å²) in [7, 11) is 0. The monoisotopic (exact) mass is 376 g/mol. The van der Waals surface area contributed by atoms with Gasteiger partial charge in [0, 0.05) is 33.8 Å². The summed E-state index contributed by atoms with van der Waals surface area (Å²) in [5, 5.41) is 1.59. The zero-order valence-electron chi connectivity index (χ0n) is 14.9. The third-order valence-electron chi connectivity index (χ3n) is 5.88. The molecule has 4 atom stereocenters. The van der Waals surface area contributed by atoms with E-state index in [0.29, 0.717) is 11.8 Å². The zero-order chi connectivity index (χ0) is 17.3. The van der Waals surface area contributed by atoms with Crippen molar-refractivity contribution in [3.63, 3.8) is 0 Å². The SMILES string of the molecule is C1=CC(CC2CSC(CC3C=Cc4ccccc43)CS2)c2ccccc21. The number of fused-ring (bicyclic) bond motifs is 2. The maximum Gasteiger partial charge on any atom is 0.0147 e. The van der Waals surface area contributed by atoms with Crippen LogP contribution in [0.2, 0.25) is 0 Å². The normalized spacial score (nSPS) is 28.9. The van der Waals surface area contributed by atoms with Crippen molar-refractivity contribution in [2.45, 2.75) is 35.2 Å². The quantitative estimate of drug-likeness (QED) is 0.589. The Morgan fingerprint density at radius 1 is 0.654 bits per heavy atom. The lowest BCUT2D eigenvalue weighted by molar-refractivity contribution is 0.714. The van der Waals surface area contributed by atoms with Gasteiger partial charge >= 0.3 is 0 Å². The summed E-state index contributed by atoms with van der Waals surface area (Å²) < 4.78 is 0. The molecule has 1 fully saturated rings. The summed E-state index contributed by atoms with van der Waals surface area (Å²) >= 11 is 4.44. The van der Waals surface area contributed by atoms with E-state index in [1.165, 1.54) is 46.6 Å². The lowest BCUT2D eigenvalue weighted by atomic mass is 9.96. The van der Waals surface area contributed by atoms with Gasteiger partial charge in [0.2, 0.25) is 0 Å². The van der Waals surface area contributed by atoms with Crippen LogP contribution in [0.15, 0.2) is 60.7 Å². The van der Waals surface area contributed by atoms with E-state index in [1.54, 1.807) is 0 Å². The summed E-state index contributed by atoms with van der Waals surface area (Å²) in [5.41, 5.74) is 5.92. The van der Waals surface area contributed by atoms with Gasteiger partial charge in [0.25, 0.3) is 0 Å². The summed E-state index contributed by atoms with van der Waals surface area (Å²) in [5.74, 6) is 3.87. The lowest BCUT2D eigenvalue weighted by Crippen LogP contribution is -2.24. The van der Waals surface area contributed by atoms with Crippen molar-refractivity contribution < 1.29 is 0 Å². The first-order chi connectivity index (χ1) is 12.9. The van der Waals surface area contributed by atoms with Crippen LogP contribution in [0.4, 0.5) is 0 Å². The molecule has 0 saturated carbocycles. The second kappa shape index (κ2) is 7.32. The number of thioether (sulfide) groups is 2. The molecule has 1 saturated heterocycles. The van der Waals surface area contributed by atoms with E-state index >= 15 is 0 Å². The maximum absolute atomic E-state index is 2.42. The highest BCUT2D eigenvalue weighted by molar-refractivity contribution is 8.07. The van der Waals surface area contributed by atoms with E-state index < -0.39 is 0 Å². The molecule has 5 rings (SSSR count). The average Bonchev–Trinajstić information content (AvgIpc) is 3.28. The van der Waals surface area contributed by atoms with Crippen molar-refractivity contribution in [1.82, 2.24) is 0 Å². The third kappa shape index (κ3) is 3.30. The zero-order valence-corrected chi connectivity index (χ0v) is 16.5. The largest absolute Gasteiger partial charge is 0.157 e. The molecule has 26 heavy (non-hydrogen) atoms. The molecular weight excluding hydrogens is 352 g/mol. The first kappa shape index (κ1) is 16.8. The summed E-state index contributed by atoms with van der Waals surface area (Å²) in [6, 6.07) is 17.8. The molecule has 0 aromatic heterocycles. The van der Waals surface area contributed by atoms with Crippen LogP contribution in [-0.2, 0) is 0 Å². The molecule has 2 aromatic carbocycles. The number of hydrogen-bond donors (Lipinski definition) is 0. The molecule has 0 nitrogen and oxygen atoms in total. The predicted molar refractivity (Wildman–Crippen MR) is 118 cm³/mol. The first-order valence-electron chi connectivity index (χ1n) is 9.64. The topological polar surface area (TPSA) is 0 Å². The molecule has 0 N–H and O–H groups in total. The Hall–Kier alpha value is -1.38. The fourth-order valence-electron chi connectivity index (χ4n) is 4.48.